The summed E-state index contributed by atoms with van der Waals surface area (Å²) in [5.74, 6) is 2.13. The molecule has 1 fully saturated rings. The molecular formula is C21H29NO3. The molecule has 4 nitrogen and oxygen atoms in total. The highest BCUT2D eigenvalue weighted by Gasteiger charge is 2.61. The Morgan fingerprint density at radius 1 is 1.44 bits per heavy atom. The molecule has 136 valence electrons. The molecule has 2 aliphatic carbocycles. The minimum atomic E-state index is -0.417. The van der Waals surface area contributed by atoms with Crippen LogP contribution in [0, 0.1) is 5.92 Å². The lowest BCUT2D eigenvalue weighted by molar-refractivity contribution is -0.0687. The van der Waals surface area contributed by atoms with Crippen molar-refractivity contribution in [2.75, 3.05) is 20.2 Å². The van der Waals surface area contributed by atoms with E-state index in [4.69, 9.17) is 9.47 Å². The van der Waals surface area contributed by atoms with Crippen LogP contribution in [-0.2, 0) is 11.8 Å². The summed E-state index contributed by atoms with van der Waals surface area (Å²) in [6.07, 6.45) is 4.27. The van der Waals surface area contributed by atoms with Gasteiger partial charge in [-0.25, -0.2) is 0 Å². The molecule has 1 aromatic rings. The number of aliphatic hydroxyl groups excluding tert-OH is 1. The van der Waals surface area contributed by atoms with Gasteiger partial charge in [0, 0.05) is 23.6 Å². The quantitative estimate of drug-likeness (QED) is 0.835. The van der Waals surface area contributed by atoms with E-state index in [1.165, 1.54) is 11.1 Å². The van der Waals surface area contributed by atoms with E-state index < -0.39 is 6.10 Å². The Kier molecular flexibility index (Phi) is 4.08. The van der Waals surface area contributed by atoms with Crippen LogP contribution in [0.3, 0.4) is 0 Å². The van der Waals surface area contributed by atoms with Gasteiger partial charge in [-0.2, -0.15) is 0 Å². The average molecular weight is 343 g/mol. The minimum Gasteiger partial charge on any atom is -0.493 e. The molecule has 0 spiro atoms. The number of nitrogens with zero attached hydrogens (tertiary/aromatic N) is 1. The highest BCUT2D eigenvalue weighted by Crippen LogP contribution is 2.60. The van der Waals surface area contributed by atoms with E-state index in [0.29, 0.717) is 12.0 Å². The van der Waals surface area contributed by atoms with E-state index in [-0.39, 0.29) is 11.5 Å². The lowest BCUT2D eigenvalue weighted by atomic mass is 9.55. The standard InChI is InChI=1S/C21H29NO3/c1-5-11-22(6-2)15-12-13-7-10-17(24-4)19-18(13)21(3)14(15)8-9-16(23)20(21)25-19/h5,7,10,14-16,20,23H,1,6,8-9,11-12H2,2-4H3. The SMILES string of the molecule is C=CCN(CC)C1Cc2ccc(OC)c3c2C2(C)C1CCC(O)C2O3. The van der Waals surface area contributed by atoms with Gasteiger partial charge in [-0.1, -0.05) is 26.0 Å². The van der Waals surface area contributed by atoms with Crippen molar-refractivity contribution in [1.29, 1.82) is 0 Å². The van der Waals surface area contributed by atoms with Crippen molar-refractivity contribution in [3.8, 4) is 11.5 Å². The first-order chi connectivity index (χ1) is 12.1. The van der Waals surface area contributed by atoms with Gasteiger partial charge in [0.1, 0.15) is 6.10 Å². The van der Waals surface area contributed by atoms with E-state index >= 15 is 0 Å². The van der Waals surface area contributed by atoms with Gasteiger partial charge in [-0.3, -0.25) is 4.90 Å². The Hall–Kier alpha value is -1.52. The van der Waals surface area contributed by atoms with Crippen molar-refractivity contribution in [1.82, 2.24) is 4.90 Å². The van der Waals surface area contributed by atoms with Gasteiger partial charge >= 0.3 is 0 Å². The average Bonchev–Trinajstić information content (AvgIpc) is 2.94. The fourth-order valence-corrected chi connectivity index (χ4v) is 5.72. The molecule has 5 unspecified atom stereocenters. The molecule has 0 radical (unpaired) electrons. The molecule has 0 amide bonds. The predicted molar refractivity (Wildman–Crippen MR) is 98.4 cm³/mol. The van der Waals surface area contributed by atoms with Gasteiger partial charge in [0.2, 0.25) is 0 Å². The maximum Gasteiger partial charge on any atom is 0.165 e. The molecule has 5 atom stereocenters. The van der Waals surface area contributed by atoms with Gasteiger partial charge in [0.25, 0.3) is 0 Å². The smallest absolute Gasteiger partial charge is 0.165 e. The normalized spacial score (nSPS) is 35.2. The number of aliphatic hydroxyl groups is 1. The van der Waals surface area contributed by atoms with Crippen LogP contribution < -0.4 is 9.47 Å². The third-order valence-corrected chi connectivity index (χ3v) is 6.83. The van der Waals surface area contributed by atoms with Crippen LogP contribution in [0.5, 0.6) is 11.5 Å². The van der Waals surface area contributed by atoms with E-state index in [9.17, 15) is 5.11 Å². The van der Waals surface area contributed by atoms with Crippen molar-refractivity contribution in [2.45, 2.75) is 56.8 Å². The van der Waals surface area contributed by atoms with Gasteiger partial charge < -0.3 is 14.6 Å². The molecule has 1 saturated carbocycles. The second kappa shape index (κ2) is 6.03. The number of ether oxygens (including phenoxy) is 2. The molecule has 0 saturated heterocycles. The molecule has 3 aliphatic rings. The summed E-state index contributed by atoms with van der Waals surface area (Å²) in [7, 11) is 1.69. The predicted octanol–water partition coefficient (Wildman–Crippen LogP) is 2.92. The maximum absolute atomic E-state index is 10.7. The fourth-order valence-electron chi connectivity index (χ4n) is 5.72. The Bertz CT molecular complexity index is 688. The van der Waals surface area contributed by atoms with Crippen molar-refractivity contribution in [2.24, 2.45) is 5.92 Å². The Balaban J connectivity index is 1.87. The van der Waals surface area contributed by atoms with E-state index in [0.717, 1.165) is 43.9 Å². The zero-order valence-corrected chi connectivity index (χ0v) is 15.5. The number of benzene rings is 1. The highest BCUT2D eigenvalue weighted by atomic mass is 16.5. The summed E-state index contributed by atoms with van der Waals surface area (Å²) in [6.45, 7) is 10.4. The van der Waals surface area contributed by atoms with E-state index in [2.05, 4.69) is 31.4 Å². The molecule has 1 heterocycles. The van der Waals surface area contributed by atoms with E-state index in [1.807, 2.05) is 12.1 Å². The van der Waals surface area contributed by atoms with Crippen molar-refractivity contribution >= 4 is 0 Å². The molecule has 4 heteroatoms. The molecule has 1 aliphatic heterocycles. The summed E-state index contributed by atoms with van der Waals surface area (Å²) in [4.78, 5) is 2.53. The first-order valence-electron chi connectivity index (χ1n) is 9.46. The van der Waals surface area contributed by atoms with Crippen LogP contribution in [-0.4, -0.2) is 48.5 Å². The zero-order valence-electron chi connectivity index (χ0n) is 15.5. The molecular weight excluding hydrogens is 314 g/mol. The largest absolute Gasteiger partial charge is 0.493 e. The number of methoxy groups -OCH3 is 1. The summed E-state index contributed by atoms with van der Waals surface area (Å²) < 4.78 is 11.9. The van der Waals surface area contributed by atoms with E-state index in [1.54, 1.807) is 7.11 Å². The summed E-state index contributed by atoms with van der Waals surface area (Å²) >= 11 is 0. The molecule has 0 aromatic heterocycles. The minimum absolute atomic E-state index is 0.158. The van der Waals surface area contributed by atoms with Gasteiger partial charge in [0.05, 0.1) is 13.2 Å². The van der Waals surface area contributed by atoms with Crippen LogP contribution >= 0.6 is 0 Å². The Labute approximate surface area is 150 Å². The first kappa shape index (κ1) is 16.9. The first-order valence-corrected chi connectivity index (χ1v) is 9.46. The number of hydrogen-bond donors (Lipinski definition) is 1. The van der Waals surface area contributed by atoms with Gasteiger partial charge in [-0.15, -0.1) is 6.58 Å². The summed E-state index contributed by atoms with van der Waals surface area (Å²) in [5, 5.41) is 10.7. The summed E-state index contributed by atoms with van der Waals surface area (Å²) in [5.41, 5.74) is 2.47. The number of hydrogen-bond acceptors (Lipinski definition) is 4. The number of rotatable bonds is 5. The molecule has 4 rings (SSSR count). The monoisotopic (exact) mass is 343 g/mol. The van der Waals surface area contributed by atoms with Crippen LogP contribution in [0.4, 0.5) is 0 Å². The van der Waals surface area contributed by atoms with Crippen molar-refractivity contribution in [3.63, 3.8) is 0 Å². The molecule has 1 N–H and O–H groups in total. The fraction of sp³-hybridized carbons (Fsp3) is 0.619. The van der Waals surface area contributed by atoms with Crippen LogP contribution in [0.2, 0.25) is 0 Å². The highest BCUT2D eigenvalue weighted by molar-refractivity contribution is 5.60. The van der Waals surface area contributed by atoms with Crippen molar-refractivity contribution < 1.29 is 14.6 Å². The molecule has 1 aromatic carbocycles. The summed E-state index contributed by atoms with van der Waals surface area (Å²) in [6, 6.07) is 4.67. The lowest BCUT2D eigenvalue weighted by Crippen LogP contribution is -2.61. The topological polar surface area (TPSA) is 41.9 Å². The molecule has 0 bridgehead atoms. The third-order valence-electron chi connectivity index (χ3n) is 6.83. The van der Waals surface area contributed by atoms with Crippen LogP contribution in [0.25, 0.3) is 0 Å². The zero-order chi connectivity index (χ0) is 17.8. The maximum atomic E-state index is 10.7. The second-order valence-electron chi connectivity index (χ2n) is 7.85. The Morgan fingerprint density at radius 2 is 2.24 bits per heavy atom. The van der Waals surface area contributed by atoms with Gasteiger partial charge in [0.15, 0.2) is 11.5 Å². The third kappa shape index (κ3) is 2.20. The Morgan fingerprint density at radius 3 is 2.92 bits per heavy atom. The second-order valence-corrected chi connectivity index (χ2v) is 7.85. The van der Waals surface area contributed by atoms with Gasteiger partial charge in [-0.05, 0) is 43.4 Å². The van der Waals surface area contributed by atoms with Crippen LogP contribution in [0.15, 0.2) is 24.8 Å². The number of likely N-dealkylation sites (N-methyl/N-ethyl adjacent to an activating group) is 1. The van der Waals surface area contributed by atoms with Crippen molar-refractivity contribution in [3.05, 3.63) is 35.9 Å². The lowest BCUT2D eigenvalue weighted by Gasteiger charge is -2.53. The molecule has 25 heavy (non-hydrogen) atoms. The van der Waals surface area contributed by atoms with Crippen LogP contribution in [0.1, 0.15) is 37.8 Å².